The van der Waals surface area contributed by atoms with Gasteiger partial charge < -0.3 is 10.1 Å². The van der Waals surface area contributed by atoms with Crippen LogP contribution in [0.25, 0.3) is 0 Å². The van der Waals surface area contributed by atoms with Gasteiger partial charge in [-0.05, 0) is 12.5 Å². The van der Waals surface area contributed by atoms with Crippen molar-refractivity contribution in [3.8, 4) is 0 Å². The number of sulfone groups is 1. The Bertz CT molecular complexity index is 945. The lowest BCUT2D eigenvalue weighted by molar-refractivity contribution is -0.142. The minimum Gasteiger partial charge on any atom is -0.466 e. The van der Waals surface area contributed by atoms with Crippen LogP contribution >= 0.6 is 11.3 Å². The molecular weight excluding hydrogens is 414 g/mol. The number of hydrogen-bond acceptors (Lipinski definition) is 8. The van der Waals surface area contributed by atoms with Gasteiger partial charge in [-0.25, -0.2) is 13.4 Å². The Morgan fingerprint density at radius 2 is 1.93 bits per heavy atom. The van der Waals surface area contributed by atoms with Crippen molar-refractivity contribution in [2.45, 2.75) is 19.4 Å². The van der Waals surface area contributed by atoms with Crippen molar-refractivity contribution in [2.24, 2.45) is 0 Å². The number of benzene rings is 1. The second-order valence-electron chi connectivity index (χ2n) is 6.62. The Kier molecular flexibility index (Phi) is 6.99. The van der Waals surface area contributed by atoms with E-state index in [4.69, 9.17) is 4.74 Å². The van der Waals surface area contributed by atoms with E-state index in [-0.39, 0.29) is 29.8 Å². The lowest BCUT2D eigenvalue weighted by Gasteiger charge is -2.33. The molecule has 0 saturated carbocycles. The minimum absolute atomic E-state index is 0.0323. The lowest BCUT2D eigenvalue weighted by Crippen LogP contribution is -2.46. The number of carbonyl (C=O) groups is 2. The Morgan fingerprint density at radius 1 is 1.24 bits per heavy atom. The first kappa shape index (κ1) is 21.4. The molecule has 3 rings (SSSR count). The average molecular weight is 438 g/mol. The molecule has 1 aliphatic rings. The summed E-state index contributed by atoms with van der Waals surface area (Å²) in [6.45, 7) is 2.62. The summed E-state index contributed by atoms with van der Waals surface area (Å²) in [5.74, 6) is -0.588. The Hall–Kier alpha value is -2.30. The number of ether oxygens (including phenoxy) is 1. The standard InChI is InChI=1S/C19H23N3O5S2/c1-2-27-16(23)12-15-13-28-19(20-15)21-18(24)17(14-6-4-3-5-7-14)22-8-10-29(25,26)11-9-22/h3-7,13,17H,2,8-12H2,1H3,(H,20,21,24). The number of nitrogens with one attached hydrogen (secondary N) is 1. The summed E-state index contributed by atoms with van der Waals surface area (Å²) in [4.78, 5) is 30.8. The fraction of sp³-hybridized carbons (Fsp3) is 0.421. The fourth-order valence-corrected chi connectivity index (χ4v) is 5.07. The van der Waals surface area contributed by atoms with Gasteiger partial charge >= 0.3 is 5.97 Å². The van der Waals surface area contributed by atoms with Gasteiger partial charge in [0.05, 0.1) is 30.2 Å². The van der Waals surface area contributed by atoms with E-state index < -0.39 is 15.9 Å². The molecule has 0 spiro atoms. The molecule has 2 aromatic rings. The molecule has 8 nitrogen and oxygen atoms in total. The molecule has 1 atom stereocenters. The van der Waals surface area contributed by atoms with Gasteiger partial charge in [0, 0.05) is 18.5 Å². The average Bonchev–Trinajstić information content (AvgIpc) is 3.11. The van der Waals surface area contributed by atoms with Crippen molar-refractivity contribution >= 4 is 38.2 Å². The highest BCUT2D eigenvalue weighted by Gasteiger charge is 2.32. The van der Waals surface area contributed by atoms with Crippen molar-refractivity contribution in [3.05, 3.63) is 47.0 Å². The maximum atomic E-state index is 13.1. The van der Waals surface area contributed by atoms with Gasteiger partial charge in [0.1, 0.15) is 6.04 Å². The number of anilines is 1. The molecule has 1 saturated heterocycles. The smallest absolute Gasteiger partial charge is 0.311 e. The summed E-state index contributed by atoms with van der Waals surface area (Å²) >= 11 is 1.23. The Morgan fingerprint density at radius 3 is 2.59 bits per heavy atom. The third kappa shape index (κ3) is 5.84. The van der Waals surface area contributed by atoms with Crippen LogP contribution in [-0.4, -0.2) is 61.4 Å². The van der Waals surface area contributed by atoms with Crippen LogP contribution in [0.5, 0.6) is 0 Å². The van der Waals surface area contributed by atoms with Gasteiger partial charge in [-0.15, -0.1) is 11.3 Å². The van der Waals surface area contributed by atoms with Crippen molar-refractivity contribution < 1.29 is 22.7 Å². The minimum atomic E-state index is -3.06. The highest BCUT2D eigenvalue weighted by Crippen LogP contribution is 2.26. The summed E-state index contributed by atoms with van der Waals surface area (Å²) in [6.07, 6.45) is 0.0479. The predicted molar refractivity (Wildman–Crippen MR) is 110 cm³/mol. The van der Waals surface area contributed by atoms with Crippen molar-refractivity contribution in [1.82, 2.24) is 9.88 Å². The van der Waals surface area contributed by atoms with E-state index in [0.717, 1.165) is 5.56 Å². The molecule has 1 fully saturated rings. The highest BCUT2D eigenvalue weighted by molar-refractivity contribution is 7.91. The van der Waals surface area contributed by atoms with E-state index in [0.29, 0.717) is 30.5 Å². The normalized spacial score (nSPS) is 17.4. The fourth-order valence-electron chi connectivity index (χ4n) is 3.13. The SMILES string of the molecule is CCOC(=O)Cc1csc(NC(=O)C(c2ccccc2)N2CCS(=O)(=O)CC2)n1. The molecular formula is C19H23N3O5S2. The molecule has 156 valence electrons. The zero-order valence-electron chi connectivity index (χ0n) is 16.0. The summed E-state index contributed by atoms with van der Waals surface area (Å²) in [7, 11) is -3.06. The molecule has 29 heavy (non-hydrogen) atoms. The van der Waals surface area contributed by atoms with Crippen molar-refractivity contribution in [1.29, 1.82) is 0 Å². The zero-order chi connectivity index (χ0) is 20.9. The Balaban J connectivity index is 1.74. The van der Waals surface area contributed by atoms with Crippen molar-refractivity contribution in [3.63, 3.8) is 0 Å². The molecule has 1 amide bonds. The quantitative estimate of drug-likeness (QED) is 0.657. The monoisotopic (exact) mass is 437 g/mol. The maximum Gasteiger partial charge on any atom is 0.311 e. The van der Waals surface area contributed by atoms with Crippen LogP contribution in [0.15, 0.2) is 35.7 Å². The molecule has 0 radical (unpaired) electrons. The van der Waals surface area contributed by atoms with Gasteiger partial charge in [-0.1, -0.05) is 30.3 Å². The van der Waals surface area contributed by atoms with Crippen LogP contribution in [0.3, 0.4) is 0 Å². The van der Waals surface area contributed by atoms with E-state index in [1.165, 1.54) is 11.3 Å². The van der Waals surface area contributed by atoms with Crippen LogP contribution in [0.4, 0.5) is 5.13 Å². The molecule has 1 aromatic carbocycles. The summed E-state index contributed by atoms with van der Waals surface area (Å²) in [6, 6.07) is 8.63. The van der Waals surface area contributed by atoms with Crippen LogP contribution < -0.4 is 5.32 Å². The second-order valence-corrected chi connectivity index (χ2v) is 9.78. The highest BCUT2D eigenvalue weighted by atomic mass is 32.2. The van der Waals surface area contributed by atoms with Crippen LogP contribution in [-0.2, 0) is 30.6 Å². The molecule has 0 bridgehead atoms. The first-order valence-corrected chi connectivity index (χ1v) is 12.0. The van der Waals surface area contributed by atoms with Crippen LogP contribution in [0, 0.1) is 0 Å². The lowest BCUT2D eigenvalue weighted by atomic mass is 10.0. The molecule has 1 unspecified atom stereocenters. The summed E-state index contributed by atoms with van der Waals surface area (Å²) in [5, 5.41) is 4.90. The second kappa shape index (κ2) is 9.47. The largest absolute Gasteiger partial charge is 0.466 e. The first-order chi connectivity index (χ1) is 13.9. The number of aromatic nitrogens is 1. The van der Waals surface area contributed by atoms with E-state index in [9.17, 15) is 18.0 Å². The molecule has 2 heterocycles. The molecule has 1 aromatic heterocycles. The van der Waals surface area contributed by atoms with E-state index in [1.807, 2.05) is 35.2 Å². The molecule has 10 heteroatoms. The van der Waals surface area contributed by atoms with Gasteiger partial charge in [0.25, 0.3) is 0 Å². The van der Waals surface area contributed by atoms with E-state index >= 15 is 0 Å². The zero-order valence-corrected chi connectivity index (χ0v) is 17.7. The molecule has 1 aliphatic heterocycles. The van der Waals surface area contributed by atoms with Gasteiger partial charge in [0.15, 0.2) is 15.0 Å². The number of rotatable bonds is 7. The number of hydrogen-bond donors (Lipinski definition) is 1. The van der Waals surface area contributed by atoms with Crippen LogP contribution in [0.1, 0.15) is 24.2 Å². The summed E-state index contributed by atoms with van der Waals surface area (Å²) < 4.78 is 28.5. The molecule has 1 N–H and O–H groups in total. The predicted octanol–water partition coefficient (Wildman–Crippen LogP) is 1.66. The number of esters is 1. The summed E-state index contributed by atoms with van der Waals surface area (Å²) in [5.41, 5.74) is 1.32. The van der Waals surface area contributed by atoms with Crippen LogP contribution in [0.2, 0.25) is 0 Å². The number of amides is 1. The number of nitrogens with zero attached hydrogens (tertiary/aromatic N) is 2. The van der Waals surface area contributed by atoms with E-state index in [2.05, 4.69) is 10.3 Å². The topological polar surface area (TPSA) is 106 Å². The van der Waals surface area contributed by atoms with Crippen molar-refractivity contribution in [2.75, 3.05) is 36.5 Å². The van der Waals surface area contributed by atoms with Gasteiger partial charge in [-0.3, -0.25) is 14.5 Å². The first-order valence-electron chi connectivity index (χ1n) is 9.28. The maximum absolute atomic E-state index is 13.1. The number of thiazole rings is 1. The molecule has 0 aliphatic carbocycles. The van der Waals surface area contributed by atoms with Gasteiger partial charge in [0.2, 0.25) is 5.91 Å². The van der Waals surface area contributed by atoms with E-state index in [1.54, 1.807) is 12.3 Å². The number of carbonyl (C=O) groups excluding carboxylic acids is 2. The van der Waals surface area contributed by atoms with Gasteiger partial charge in [-0.2, -0.15) is 0 Å². The third-order valence-electron chi connectivity index (χ3n) is 4.52. The Labute approximate surface area is 173 Å². The third-order valence-corrected chi connectivity index (χ3v) is 6.94.